The zero-order valence-electron chi connectivity index (χ0n) is 21.1. The van der Waals surface area contributed by atoms with E-state index in [2.05, 4.69) is 20.7 Å². The molecule has 10 heteroatoms. The molecule has 8 nitrogen and oxygen atoms in total. The molecular weight excluding hydrogens is 497 g/mol. The van der Waals surface area contributed by atoms with Crippen LogP contribution in [0.3, 0.4) is 0 Å². The maximum Gasteiger partial charge on any atom is 0.252 e. The smallest absolute Gasteiger partial charge is 0.252 e. The maximum absolute atomic E-state index is 15.0. The van der Waals surface area contributed by atoms with Crippen LogP contribution in [0.1, 0.15) is 64.0 Å². The van der Waals surface area contributed by atoms with Crippen LogP contribution in [0.2, 0.25) is 5.02 Å². The van der Waals surface area contributed by atoms with Crippen molar-refractivity contribution in [3.8, 4) is 11.1 Å². The number of hydrogen-bond acceptors (Lipinski definition) is 5. The molecule has 5 rings (SSSR count). The zero-order valence-corrected chi connectivity index (χ0v) is 21.9. The van der Waals surface area contributed by atoms with Gasteiger partial charge < -0.3 is 15.7 Å². The number of fused-ring (bicyclic) bond motifs is 1. The first kappa shape index (κ1) is 25.6. The number of benzene rings is 1. The number of amides is 2. The lowest BCUT2D eigenvalue weighted by Gasteiger charge is -2.29. The first-order chi connectivity index (χ1) is 17.6. The molecule has 0 radical (unpaired) electrons. The van der Waals surface area contributed by atoms with Crippen molar-refractivity contribution in [2.45, 2.75) is 69.9 Å². The zero-order chi connectivity index (χ0) is 26.5. The minimum atomic E-state index is -1.23. The predicted molar refractivity (Wildman–Crippen MR) is 140 cm³/mol. The fourth-order valence-corrected chi connectivity index (χ4v) is 5.51. The molecule has 0 saturated heterocycles. The van der Waals surface area contributed by atoms with Crippen LogP contribution >= 0.6 is 11.6 Å². The van der Waals surface area contributed by atoms with Gasteiger partial charge in [-0.2, -0.15) is 5.10 Å². The molecule has 37 heavy (non-hydrogen) atoms. The van der Waals surface area contributed by atoms with Gasteiger partial charge >= 0.3 is 0 Å². The van der Waals surface area contributed by atoms with Crippen LogP contribution in [0.5, 0.6) is 0 Å². The van der Waals surface area contributed by atoms with E-state index in [-0.39, 0.29) is 29.7 Å². The topological polar surface area (TPSA) is 109 Å². The number of nitrogens with one attached hydrogen (secondary N) is 2. The Labute approximate surface area is 219 Å². The molecule has 3 aromatic rings. The summed E-state index contributed by atoms with van der Waals surface area (Å²) >= 11 is 6.46. The van der Waals surface area contributed by atoms with Crippen molar-refractivity contribution in [2.24, 2.45) is 13.0 Å². The maximum atomic E-state index is 15.0. The third-order valence-electron chi connectivity index (χ3n) is 7.43. The van der Waals surface area contributed by atoms with E-state index in [9.17, 15) is 14.7 Å². The molecule has 1 aromatic carbocycles. The van der Waals surface area contributed by atoms with Gasteiger partial charge in [-0.05, 0) is 61.8 Å². The molecule has 2 atom stereocenters. The van der Waals surface area contributed by atoms with Gasteiger partial charge in [0, 0.05) is 41.8 Å². The van der Waals surface area contributed by atoms with Crippen LogP contribution in [-0.2, 0) is 16.6 Å². The Morgan fingerprint density at radius 3 is 2.70 bits per heavy atom. The Kier molecular flexibility index (Phi) is 6.70. The van der Waals surface area contributed by atoms with Crippen molar-refractivity contribution >= 4 is 40.1 Å². The molecule has 0 spiro atoms. The summed E-state index contributed by atoms with van der Waals surface area (Å²) < 4.78 is 16.7. The second-order valence-electron chi connectivity index (χ2n) is 10.6. The van der Waals surface area contributed by atoms with E-state index < -0.39 is 11.4 Å². The van der Waals surface area contributed by atoms with Gasteiger partial charge in [0.15, 0.2) is 5.82 Å². The quantitative estimate of drug-likeness (QED) is 0.431. The Hall–Kier alpha value is -3.04. The summed E-state index contributed by atoms with van der Waals surface area (Å²) in [7, 11) is 1.80. The van der Waals surface area contributed by atoms with Crippen molar-refractivity contribution in [1.29, 1.82) is 0 Å². The Bertz CT molecular complexity index is 1380. The Balaban J connectivity index is 1.35. The van der Waals surface area contributed by atoms with Gasteiger partial charge in [0.05, 0.1) is 5.02 Å². The largest absolute Gasteiger partial charge is 0.380 e. The van der Waals surface area contributed by atoms with Crippen LogP contribution in [0.25, 0.3) is 22.0 Å². The summed E-state index contributed by atoms with van der Waals surface area (Å²) in [6.07, 6.45) is 5.17. The highest BCUT2D eigenvalue weighted by Gasteiger charge is 2.48. The van der Waals surface area contributed by atoms with E-state index in [0.29, 0.717) is 53.2 Å². The number of carbonyl (C=O) groups excluding carboxylic acids is 2. The van der Waals surface area contributed by atoms with E-state index in [0.717, 1.165) is 23.9 Å². The van der Waals surface area contributed by atoms with Crippen LogP contribution in [-0.4, -0.2) is 43.3 Å². The van der Waals surface area contributed by atoms with Gasteiger partial charge in [-0.25, -0.2) is 9.37 Å². The van der Waals surface area contributed by atoms with Crippen LogP contribution in [0.15, 0.2) is 24.4 Å². The molecular formula is C27H31ClFN5O3. The standard InChI is InChI=1S/C27H31ClFN5O3/c1-14(2)24-19-10-16(11-21(29)23(19)33-34(24)3)18-12-22(30-13-20(18)28)32-25(35)15-5-4-6-17(9-15)31-26(36)27(37)7-8-27/h10-15,17,37H,4-9H2,1-3H3,(H,31,36)(H,30,32,35). The third-order valence-corrected chi connectivity index (χ3v) is 7.73. The number of halogens is 2. The van der Waals surface area contributed by atoms with Gasteiger partial charge in [0.1, 0.15) is 16.9 Å². The number of aliphatic hydroxyl groups is 1. The molecule has 196 valence electrons. The highest BCUT2D eigenvalue weighted by molar-refractivity contribution is 6.33. The SMILES string of the molecule is CC(C)c1c2cc(-c3cc(NC(=O)C4CCCC(NC(=O)C5(O)CC5)C4)ncc3Cl)cc(F)c2nn1C. The van der Waals surface area contributed by atoms with Crippen molar-refractivity contribution in [1.82, 2.24) is 20.1 Å². The average Bonchev–Trinajstić information content (AvgIpc) is 3.51. The van der Waals surface area contributed by atoms with Crippen molar-refractivity contribution in [3.05, 3.63) is 40.9 Å². The summed E-state index contributed by atoms with van der Waals surface area (Å²) in [5, 5.41) is 21.2. The van der Waals surface area contributed by atoms with E-state index in [1.165, 1.54) is 12.3 Å². The van der Waals surface area contributed by atoms with Gasteiger partial charge in [0.25, 0.3) is 5.91 Å². The number of nitrogens with zero attached hydrogens (tertiary/aromatic N) is 3. The van der Waals surface area contributed by atoms with E-state index in [1.807, 2.05) is 19.9 Å². The average molecular weight is 528 g/mol. The fraction of sp³-hybridized carbons (Fsp3) is 0.481. The number of anilines is 1. The number of aryl methyl sites for hydroxylation is 1. The molecule has 2 aliphatic rings. The molecule has 2 amide bonds. The normalized spacial score (nSPS) is 20.7. The summed E-state index contributed by atoms with van der Waals surface area (Å²) in [4.78, 5) is 29.6. The number of rotatable bonds is 6. The van der Waals surface area contributed by atoms with Crippen molar-refractivity contribution < 1.29 is 19.1 Å². The number of hydrogen-bond donors (Lipinski definition) is 3. The molecule has 0 bridgehead atoms. The summed E-state index contributed by atoms with van der Waals surface area (Å²) in [5.74, 6) is -0.824. The van der Waals surface area contributed by atoms with Crippen molar-refractivity contribution in [2.75, 3.05) is 5.32 Å². The monoisotopic (exact) mass is 527 g/mol. The Morgan fingerprint density at radius 2 is 2.00 bits per heavy atom. The Morgan fingerprint density at radius 1 is 1.24 bits per heavy atom. The molecule has 2 aliphatic carbocycles. The third kappa shape index (κ3) is 5.07. The fourth-order valence-electron chi connectivity index (χ4n) is 5.30. The van der Waals surface area contributed by atoms with Gasteiger partial charge in [-0.15, -0.1) is 0 Å². The van der Waals surface area contributed by atoms with E-state index in [4.69, 9.17) is 11.6 Å². The summed E-state index contributed by atoms with van der Waals surface area (Å²) in [5.41, 5.74) is 1.12. The minimum Gasteiger partial charge on any atom is -0.380 e. The van der Waals surface area contributed by atoms with Gasteiger partial charge in [-0.3, -0.25) is 14.3 Å². The molecule has 2 unspecified atom stereocenters. The van der Waals surface area contributed by atoms with Crippen LogP contribution in [0.4, 0.5) is 10.2 Å². The number of aromatic nitrogens is 3. The number of pyridine rings is 1. The first-order valence-corrected chi connectivity index (χ1v) is 13.1. The predicted octanol–water partition coefficient (Wildman–Crippen LogP) is 4.69. The molecule has 3 N–H and O–H groups in total. The van der Waals surface area contributed by atoms with Crippen LogP contribution < -0.4 is 10.6 Å². The van der Waals surface area contributed by atoms with Crippen molar-refractivity contribution in [3.63, 3.8) is 0 Å². The molecule has 2 saturated carbocycles. The second-order valence-corrected chi connectivity index (χ2v) is 11.0. The van der Waals surface area contributed by atoms with E-state index in [1.54, 1.807) is 17.8 Å². The molecule has 2 fully saturated rings. The molecule has 2 aromatic heterocycles. The van der Waals surface area contributed by atoms with Gasteiger partial charge in [0.2, 0.25) is 5.91 Å². The molecule has 0 aliphatic heterocycles. The van der Waals surface area contributed by atoms with E-state index >= 15 is 4.39 Å². The summed E-state index contributed by atoms with van der Waals surface area (Å²) in [6.45, 7) is 4.06. The van der Waals surface area contributed by atoms with Crippen LogP contribution in [0, 0.1) is 11.7 Å². The lowest BCUT2D eigenvalue weighted by atomic mass is 9.85. The lowest BCUT2D eigenvalue weighted by Crippen LogP contribution is -2.45. The summed E-state index contributed by atoms with van der Waals surface area (Å²) in [6, 6.07) is 4.76. The second kappa shape index (κ2) is 9.68. The minimum absolute atomic E-state index is 0.142. The highest BCUT2D eigenvalue weighted by atomic mass is 35.5. The first-order valence-electron chi connectivity index (χ1n) is 12.7. The molecule has 2 heterocycles. The van der Waals surface area contributed by atoms with Gasteiger partial charge in [-0.1, -0.05) is 31.9 Å². The number of carbonyl (C=O) groups is 2. The highest BCUT2D eigenvalue weighted by Crippen LogP contribution is 2.37. The lowest BCUT2D eigenvalue weighted by molar-refractivity contribution is -0.133.